The molecule has 1 aromatic carbocycles. The molecule has 0 saturated heterocycles. The topological polar surface area (TPSA) is 26.0 Å². The molecule has 1 aromatic rings. The summed E-state index contributed by atoms with van der Waals surface area (Å²) in [5, 5.41) is 0.395. The van der Waals surface area contributed by atoms with E-state index >= 15 is 0 Å². The van der Waals surface area contributed by atoms with E-state index in [1.54, 1.807) is 19.1 Å². The Morgan fingerprint density at radius 1 is 1.50 bits per heavy atom. The maximum atomic E-state index is 12.9. The molecule has 0 aliphatic rings. The Morgan fingerprint density at radius 2 is 2.08 bits per heavy atom. The van der Waals surface area contributed by atoms with E-state index in [-0.39, 0.29) is 24.3 Å². The molecule has 0 heterocycles. The molecule has 0 spiro atoms. The lowest BCUT2D eigenvalue weighted by atomic mass is 10.1. The number of hydrogen-bond acceptors (Lipinski definition) is 1. The third-order valence-electron chi connectivity index (χ3n) is 1.45. The van der Waals surface area contributed by atoms with E-state index in [1.165, 1.54) is 6.07 Å². The number of hydrogen-bond donors (Lipinski definition) is 1. The van der Waals surface area contributed by atoms with Crippen LogP contribution in [0.1, 0.15) is 18.5 Å². The summed E-state index contributed by atoms with van der Waals surface area (Å²) < 4.78 is 12.9. The van der Waals surface area contributed by atoms with Gasteiger partial charge >= 0.3 is 0 Å². The number of rotatable bonds is 1. The normalized spacial score (nSPS) is 12.0. The number of nitrogens with two attached hydrogens (primary N) is 1. The minimum Gasteiger partial charge on any atom is -0.324 e. The van der Waals surface area contributed by atoms with Crippen molar-refractivity contribution in [1.29, 1.82) is 0 Å². The highest BCUT2D eigenvalue weighted by Crippen LogP contribution is 2.18. The maximum Gasteiger partial charge on any atom is 0.129 e. The Kier molecular flexibility index (Phi) is 4.53. The van der Waals surface area contributed by atoms with Crippen LogP contribution in [0.5, 0.6) is 0 Å². The van der Waals surface area contributed by atoms with Gasteiger partial charge in [-0.3, -0.25) is 0 Å². The van der Waals surface area contributed by atoms with Crippen molar-refractivity contribution in [3.8, 4) is 0 Å². The molecule has 4 heteroatoms. The van der Waals surface area contributed by atoms with Crippen LogP contribution in [0.15, 0.2) is 18.2 Å². The van der Waals surface area contributed by atoms with Crippen molar-refractivity contribution in [2.75, 3.05) is 0 Å². The predicted molar refractivity (Wildman–Crippen MR) is 51.3 cm³/mol. The standard InChI is InChI=1S/C8H9ClFN.ClH/c1-5(11)7-3-2-6(9)4-8(7)10;/h2-5H,11H2,1H3;1H/t5-;/m1./s1. The second-order valence-corrected chi connectivity index (χ2v) is 2.89. The van der Waals surface area contributed by atoms with E-state index in [4.69, 9.17) is 17.3 Å². The smallest absolute Gasteiger partial charge is 0.129 e. The molecule has 0 bridgehead atoms. The minimum absolute atomic E-state index is 0. The van der Waals surface area contributed by atoms with Crippen molar-refractivity contribution in [3.05, 3.63) is 34.6 Å². The van der Waals surface area contributed by atoms with E-state index in [0.717, 1.165) is 0 Å². The van der Waals surface area contributed by atoms with Gasteiger partial charge in [0.1, 0.15) is 5.82 Å². The molecule has 1 atom stereocenters. The van der Waals surface area contributed by atoms with Crippen LogP contribution in [-0.2, 0) is 0 Å². The molecule has 0 saturated carbocycles. The third kappa shape index (κ3) is 2.63. The van der Waals surface area contributed by atoms with Crippen molar-refractivity contribution in [2.24, 2.45) is 5.73 Å². The molecule has 0 aromatic heterocycles. The fourth-order valence-electron chi connectivity index (χ4n) is 0.871. The van der Waals surface area contributed by atoms with Crippen molar-refractivity contribution >= 4 is 24.0 Å². The van der Waals surface area contributed by atoms with Crippen LogP contribution in [0, 0.1) is 5.82 Å². The number of halogens is 3. The van der Waals surface area contributed by atoms with Crippen LogP contribution < -0.4 is 5.73 Å². The second kappa shape index (κ2) is 4.65. The van der Waals surface area contributed by atoms with Gasteiger partial charge in [-0.1, -0.05) is 17.7 Å². The van der Waals surface area contributed by atoms with Crippen molar-refractivity contribution in [2.45, 2.75) is 13.0 Å². The molecular formula is C8H10Cl2FN. The highest BCUT2D eigenvalue weighted by molar-refractivity contribution is 6.30. The van der Waals surface area contributed by atoms with Gasteiger partial charge in [-0.05, 0) is 19.1 Å². The van der Waals surface area contributed by atoms with Gasteiger partial charge in [0, 0.05) is 16.6 Å². The summed E-state index contributed by atoms with van der Waals surface area (Å²) in [6.45, 7) is 1.73. The molecule has 0 radical (unpaired) electrons. The summed E-state index contributed by atoms with van der Waals surface area (Å²) in [5.41, 5.74) is 5.98. The zero-order valence-corrected chi connectivity index (χ0v) is 8.12. The van der Waals surface area contributed by atoms with E-state index in [9.17, 15) is 4.39 Å². The Balaban J connectivity index is 0.00000121. The Labute approximate surface area is 82.1 Å². The van der Waals surface area contributed by atoms with Gasteiger partial charge < -0.3 is 5.73 Å². The molecule has 0 aliphatic heterocycles. The van der Waals surface area contributed by atoms with Crippen molar-refractivity contribution in [1.82, 2.24) is 0 Å². The van der Waals surface area contributed by atoms with Crippen LogP contribution in [0.25, 0.3) is 0 Å². The zero-order chi connectivity index (χ0) is 8.43. The van der Waals surface area contributed by atoms with E-state index in [0.29, 0.717) is 10.6 Å². The highest BCUT2D eigenvalue weighted by Gasteiger charge is 2.05. The second-order valence-electron chi connectivity index (χ2n) is 2.45. The SMILES string of the molecule is C[C@@H](N)c1ccc(Cl)cc1F.Cl. The molecule has 1 rings (SSSR count). The summed E-state index contributed by atoms with van der Waals surface area (Å²) >= 11 is 5.54. The quantitative estimate of drug-likeness (QED) is 0.757. The van der Waals surface area contributed by atoms with Crippen LogP contribution in [0.4, 0.5) is 4.39 Å². The van der Waals surface area contributed by atoms with Crippen LogP contribution in [0.2, 0.25) is 5.02 Å². The van der Waals surface area contributed by atoms with Gasteiger partial charge in [0.15, 0.2) is 0 Å². The molecule has 68 valence electrons. The average molecular weight is 210 g/mol. The van der Waals surface area contributed by atoms with Gasteiger partial charge in [-0.15, -0.1) is 12.4 Å². The lowest BCUT2D eigenvalue weighted by Crippen LogP contribution is -2.06. The highest BCUT2D eigenvalue weighted by atomic mass is 35.5. The summed E-state index contributed by atoms with van der Waals surface area (Å²) in [7, 11) is 0. The molecule has 12 heavy (non-hydrogen) atoms. The Hall–Kier alpha value is -0.310. The van der Waals surface area contributed by atoms with Crippen LogP contribution in [0.3, 0.4) is 0 Å². The first-order valence-corrected chi connectivity index (χ1v) is 3.69. The maximum absolute atomic E-state index is 12.9. The summed E-state index contributed by atoms with van der Waals surface area (Å²) in [5.74, 6) is -0.340. The van der Waals surface area contributed by atoms with E-state index < -0.39 is 0 Å². The first kappa shape index (κ1) is 11.7. The third-order valence-corrected chi connectivity index (χ3v) is 1.69. The fraction of sp³-hybridized carbons (Fsp3) is 0.250. The molecule has 1 nitrogen and oxygen atoms in total. The monoisotopic (exact) mass is 209 g/mol. The van der Waals surface area contributed by atoms with Gasteiger partial charge in [0.25, 0.3) is 0 Å². The van der Waals surface area contributed by atoms with Gasteiger partial charge in [-0.2, -0.15) is 0 Å². The average Bonchev–Trinajstić information content (AvgIpc) is 1.85. The lowest BCUT2D eigenvalue weighted by molar-refractivity contribution is 0.594. The largest absolute Gasteiger partial charge is 0.324 e. The van der Waals surface area contributed by atoms with Crippen LogP contribution >= 0.6 is 24.0 Å². The number of benzene rings is 1. The van der Waals surface area contributed by atoms with Gasteiger partial charge in [0.2, 0.25) is 0 Å². The summed E-state index contributed by atoms with van der Waals surface area (Å²) in [6, 6.07) is 4.21. The Bertz CT molecular complexity index is 263. The fourth-order valence-corrected chi connectivity index (χ4v) is 1.03. The first-order chi connectivity index (χ1) is 5.11. The molecule has 2 N–H and O–H groups in total. The first-order valence-electron chi connectivity index (χ1n) is 3.32. The van der Waals surface area contributed by atoms with Crippen molar-refractivity contribution in [3.63, 3.8) is 0 Å². The Morgan fingerprint density at radius 3 is 2.50 bits per heavy atom. The van der Waals surface area contributed by atoms with E-state index in [2.05, 4.69) is 0 Å². The molecule has 0 aliphatic carbocycles. The predicted octanol–water partition coefficient (Wildman–Crippen LogP) is 2.92. The molecule has 0 fully saturated rings. The van der Waals surface area contributed by atoms with E-state index in [1.807, 2.05) is 0 Å². The van der Waals surface area contributed by atoms with Crippen molar-refractivity contribution < 1.29 is 4.39 Å². The zero-order valence-electron chi connectivity index (χ0n) is 6.55. The molecular weight excluding hydrogens is 200 g/mol. The molecule has 0 amide bonds. The van der Waals surface area contributed by atoms with Gasteiger partial charge in [-0.25, -0.2) is 4.39 Å². The van der Waals surface area contributed by atoms with Crippen LogP contribution in [-0.4, -0.2) is 0 Å². The summed E-state index contributed by atoms with van der Waals surface area (Å²) in [6.07, 6.45) is 0. The van der Waals surface area contributed by atoms with Gasteiger partial charge in [0.05, 0.1) is 0 Å². The lowest BCUT2D eigenvalue weighted by Gasteiger charge is -2.05. The minimum atomic E-state index is -0.340. The summed E-state index contributed by atoms with van der Waals surface area (Å²) in [4.78, 5) is 0. The molecule has 0 unspecified atom stereocenters.